The van der Waals surface area contributed by atoms with Crippen LogP contribution in [0.15, 0.2) is 0 Å². The summed E-state index contributed by atoms with van der Waals surface area (Å²) in [6.07, 6.45) is 1.42. The smallest absolute Gasteiger partial charge is 0.228 e. The Hall–Kier alpha value is -0.610. The number of carbonyl (C=O) groups is 1. The van der Waals surface area contributed by atoms with Crippen LogP contribution >= 0.6 is 0 Å². The molecule has 94 valence electrons. The van der Waals surface area contributed by atoms with Crippen molar-refractivity contribution in [3.8, 4) is 0 Å². The van der Waals surface area contributed by atoms with Crippen LogP contribution in [0.5, 0.6) is 0 Å². The molecule has 4 nitrogen and oxygen atoms in total. The molecule has 4 aliphatic rings. The maximum atomic E-state index is 12.5. The topological polar surface area (TPSA) is 49.8 Å². The monoisotopic (exact) mass is 237 g/mol. The zero-order chi connectivity index (χ0) is 11.9. The number of carbonyl (C=O) groups excluding carboxylic acids is 1. The van der Waals surface area contributed by atoms with E-state index in [0.29, 0.717) is 11.8 Å². The predicted molar refractivity (Wildman–Crippen MR) is 59.9 cm³/mol. The summed E-state index contributed by atoms with van der Waals surface area (Å²) >= 11 is 0. The van der Waals surface area contributed by atoms with Crippen molar-refractivity contribution in [1.29, 1.82) is 0 Å². The summed E-state index contributed by atoms with van der Waals surface area (Å²) in [4.78, 5) is 14.4. The molecule has 2 aliphatic carbocycles. The number of aliphatic hydroxyl groups excluding tert-OH is 1. The molecule has 2 aliphatic heterocycles. The highest BCUT2D eigenvalue weighted by Gasteiger charge is 2.77. The second kappa shape index (κ2) is 2.86. The molecule has 4 fully saturated rings. The van der Waals surface area contributed by atoms with Crippen molar-refractivity contribution in [3.63, 3.8) is 0 Å². The van der Waals surface area contributed by atoms with Gasteiger partial charge in [0, 0.05) is 12.5 Å². The summed E-state index contributed by atoms with van der Waals surface area (Å²) in [5, 5.41) is 10.2. The van der Waals surface area contributed by atoms with Gasteiger partial charge in [-0.3, -0.25) is 4.79 Å². The Balaban J connectivity index is 1.88. The lowest BCUT2D eigenvalue weighted by molar-refractivity contribution is -0.178. The summed E-state index contributed by atoms with van der Waals surface area (Å²) in [7, 11) is 0. The van der Waals surface area contributed by atoms with E-state index >= 15 is 0 Å². The third-order valence-electron chi connectivity index (χ3n) is 5.74. The molecule has 4 rings (SSSR count). The maximum Gasteiger partial charge on any atom is 0.228 e. The Morgan fingerprint density at radius 3 is 2.88 bits per heavy atom. The molecule has 1 N–H and O–H groups in total. The van der Waals surface area contributed by atoms with Gasteiger partial charge in [0.05, 0.1) is 18.1 Å². The van der Waals surface area contributed by atoms with Crippen molar-refractivity contribution in [1.82, 2.24) is 4.90 Å². The van der Waals surface area contributed by atoms with E-state index in [-0.39, 0.29) is 23.8 Å². The fourth-order valence-corrected chi connectivity index (χ4v) is 5.29. The molecule has 0 radical (unpaired) electrons. The molecule has 7 atom stereocenters. The van der Waals surface area contributed by atoms with Crippen molar-refractivity contribution >= 4 is 5.91 Å². The van der Waals surface area contributed by atoms with Gasteiger partial charge in [-0.25, -0.2) is 0 Å². The molecular weight excluding hydrogens is 218 g/mol. The Kier molecular flexibility index (Phi) is 1.74. The number of rotatable bonds is 2. The fourth-order valence-electron chi connectivity index (χ4n) is 5.29. The van der Waals surface area contributed by atoms with Gasteiger partial charge in [-0.1, -0.05) is 6.92 Å². The van der Waals surface area contributed by atoms with Crippen LogP contribution in [0, 0.1) is 23.7 Å². The summed E-state index contributed by atoms with van der Waals surface area (Å²) in [6, 6.07) is 0. The highest BCUT2D eigenvalue weighted by Crippen LogP contribution is 2.68. The molecule has 4 heteroatoms. The van der Waals surface area contributed by atoms with E-state index in [4.69, 9.17) is 4.74 Å². The molecule has 1 amide bonds. The van der Waals surface area contributed by atoms with Crippen LogP contribution in [0.3, 0.4) is 0 Å². The highest BCUT2D eigenvalue weighted by molar-refractivity contribution is 5.84. The molecular formula is C13H19NO3. The van der Waals surface area contributed by atoms with E-state index in [0.717, 1.165) is 19.4 Å². The average molecular weight is 237 g/mol. The van der Waals surface area contributed by atoms with E-state index in [1.54, 1.807) is 0 Å². The number of aliphatic hydroxyl groups is 1. The van der Waals surface area contributed by atoms with E-state index in [1.807, 2.05) is 11.8 Å². The lowest BCUT2D eigenvalue weighted by Crippen LogP contribution is -2.50. The van der Waals surface area contributed by atoms with Gasteiger partial charge in [0.25, 0.3) is 0 Å². The Morgan fingerprint density at radius 1 is 1.47 bits per heavy atom. The largest absolute Gasteiger partial charge is 0.390 e. The maximum absolute atomic E-state index is 12.5. The van der Waals surface area contributed by atoms with Gasteiger partial charge in [0.15, 0.2) is 0 Å². The lowest BCUT2D eigenvalue weighted by atomic mass is 9.76. The Morgan fingerprint density at radius 2 is 2.24 bits per heavy atom. The van der Waals surface area contributed by atoms with E-state index in [2.05, 4.69) is 6.92 Å². The van der Waals surface area contributed by atoms with Crippen molar-refractivity contribution in [3.05, 3.63) is 0 Å². The normalized spacial score (nSPS) is 58.5. The third kappa shape index (κ3) is 0.838. The van der Waals surface area contributed by atoms with Crippen LogP contribution < -0.4 is 0 Å². The number of hydrogen-bond acceptors (Lipinski definition) is 3. The molecule has 0 spiro atoms. The average Bonchev–Trinajstić information content (AvgIpc) is 2.95. The number of hydrogen-bond donors (Lipinski definition) is 1. The lowest BCUT2D eigenvalue weighted by Gasteiger charge is -2.37. The summed E-state index contributed by atoms with van der Waals surface area (Å²) in [6.45, 7) is 4.85. The zero-order valence-corrected chi connectivity index (χ0v) is 10.3. The van der Waals surface area contributed by atoms with E-state index in [1.165, 1.54) is 0 Å². The van der Waals surface area contributed by atoms with Crippen LogP contribution in [0.1, 0.15) is 26.7 Å². The van der Waals surface area contributed by atoms with Gasteiger partial charge in [-0.2, -0.15) is 0 Å². The number of likely N-dealkylation sites (tertiary alicyclic amines) is 1. The van der Waals surface area contributed by atoms with Crippen molar-refractivity contribution in [2.24, 2.45) is 23.7 Å². The fraction of sp³-hybridized carbons (Fsp3) is 0.923. The number of amides is 1. The van der Waals surface area contributed by atoms with Gasteiger partial charge in [0.1, 0.15) is 5.72 Å². The van der Waals surface area contributed by atoms with Gasteiger partial charge in [0.2, 0.25) is 5.91 Å². The quantitative estimate of drug-likeness (QED) is 0.765. The standard InChI is InChI=1S/C13H19NO3/c1-3-13-9-7-5-6(10(15)11(7)17-13)8(9)12(16)14(13)4-2/h6-11,15H,3-5H2,1-2H3/t6-,7-,8-,9-,10-,11+,13-/m1/s1. The Bertz CT molecular complexity index is 398. The summed E-state index contributed by atoms with van der Waals surface area (Å²) in [5.74, 6) is 1.18. The number of nitrogens with zero attached hydrogens (tertiary/aromatic N) is 1. The Labute approximate surface area is 101 Å². The van der Waals surface area contributed by atoms with Crippen molar-refractivity contribution < 1.29 is 14.6 Å². The first-order chi connectivity index (χ1) is 8.15. The summed E-state index contributed by atoms with van der Waals surface area (Å²) < 4.78 is 6.21. The number of fused-ring (bicyclic) bond motifs is 2. The van der Waals surface area contributed by atoms with E-state index in [9.17, 15) is 9.90 Å². The third-order valence-corrected chi connectivity index (χ3v) is 5.74. The first-order valence-electron chi connectivity index (χ1n) is 6.83. The van der Waals surface area contributed by atoms with Crippen LogP contribution in [-0.2, 0) is 9.53 Å². The van der Waals surface area contributed by atoms with Gasteiger partial charge in [-0.15, -0.1) is 0 Å². The van der Waals surface area contributed by atoms with Crippen molar-refractivity contribution in [2.75, 3.05) is 6.54 Å². The van der Waals surface area contributed by atoms with Crippen LogP contribution in [0.25, 0.3) is 0 Å². The molecule has 17 heavy (non-hydrogen) atoms. The van der Waals surface area contributed by atoms with Crippen LogP contribution in [0.4, 0.5) is 0 Å². The highest BCUT2D eigenvalue weighted by atomic mass is 16.6. The predicted octanol–water partition coefficient (Wildman–Crippen LogP) is 0.597. The van der Waals surface area contributed by atoms with E-state index < -0.39 is 11.8 Å². The minimum absolute atomic E-state index is 0.0108. The summed E-state index contributed by atoms with van der Waals surface area (Å²) in [5.41, 5.74) is -0.391. The first-order valence-corrected chi connectivity index (χ1v) is 6.83. The van der Waals surface area contributed by atoms with Gasteiger partial charge in [-0.05, 0) is 31.6 Å². The van der Waals surface area contributed by atoms with Crippen molar-refractivity contribution in [2.45, 2.75) is 44.6 Å². The first kappa shape index (κ1) is 10.3. The molecule has 0 aromatic rings. The minimum Gasteiger partial charge on any atom is -0.390 e. The molecule has 0 aromatic heterocycles. The molecule has 2 saturated heterocycles. The number of ether oxygens (including phenoxy) is 1. The molecule has 2 saturated carbocycles. The second-order valence-corrected chi connectivity index (χ2v) is 5.97. The van der Waals surface area contributed by atoms with Gasteiger partial charge < -0.3 is 14.7 Å². The second-order valence-electron chi connectivity index (χ2n) is 5.97. The molecule has 2 bridgehead atoms. The van der Waals surface area contributed by atoms with Crippen LogP contribution in [-0.4, -0.2) is 40.4 Å². The minimum atomic E-state index is -0.405. The zero-order valence-electron chi connectivity index (χ0n) is 10.3. The SMILES string of the molecule is CCN1C(=O)[C@@H]2[C@H]3C[C@H]4[C@H](O[C@]1(CC)[C@H]42)[C@@H]3O. The van der Waals surface area contributed by atoms with Crippen LogP contribution in [0.2, 0.25) is 0 Å². The molecule has 2 heterocycles. The molecule has 0 unspecified atom stereocenters. The van der Waals surface area contributed by atoms with Gasteiger partial charge >= 0.3 is 0 Å². The molecule has 0 aromatic carbocycles.